The van der Waals surface area contributed by atoms with Gasteiger partial charge in [-0.2, -0.15) is 0 Å². The van der Waals surface area contributed by atoms with Crippen LogP contribution in [0.25, 0.3) is 0 Å². The van der Waals surface area contributed by atoms with Crippen LogP contribution in [-0.4, -0.2) is 30.7 Å². The van der Waals surface area contributed by atoms with Gasteiger partial charge in [-0.05, 0) is 42.3 Å². The lowest BCUT2D eigenvalue weighted by Gasteiger charge is -2.33. The summed E-state index contributed by atoms with van der Waals surface area (Å²) in [7, 11) is 1.70. The number of benzene rings is 1. The van der Waals surface area contributed by atoms with Crippen molar-refractivity contribution in [2.45, 2.75) is 33.0 Å². The number of aromatic nitrogens is 1. The van der Waals surface area contributed by atoms with E-state index in [2.05, 4.69) is 54.2 Å². The molecule has 0 saturated heterocycles. The molecule has 2 aromatic heterocycles. The van der Waals surface area contributed by atoms with Crippen LogP contribution in [0, 0.1) is 5.92 Å². The van der Waals surface area contributed by atoms with Crippen LogP contribution in [0.1, 0.15) is 47.5 Å². The second-order valence-corrected chi connectivity index (χ2v) is 8.29. The predicted octanol–water partition coefficient (Wildman–Crippen LogP) is 2.66. The second kappa shape index (κ2) is 8.79. The van der Waals surface area contributed by atoms with Crippen LogP contribution in [0.4, 0.5) is 0 Å². The van der Waals surface area contributed by atoms with E-state index in [1.54, 1.807) is 13.2 Å². The molecular weight excluding hydrogens is 378 g/mol. The lowest BCUT2D eigenvalue weighted by atomic mass is 9.99. The van der Waals surface area contributed by atoms with Gasteiger partial charge in [0.05, 0.1) is 25.9 Å². The minimum absolute atomic E-state index is 0.151. The minimum Gasteiger partial charge on any atom is -0.497 e. The smallest absolute Gasteiger partial charge is 0.287 e. The Morgan fingerprint density at radius 2 is 2.13 bits per heavy atom. The number of nitrogens with one attached hydrogen (secondary N) is 2. The van der Waals surface area contributed by atoms with Crippen molar-refractivity contribution >= 4 is 5.91 Å². The molecule has 0 bridgehead atoms. The van der Waals surface area contributed by atoms with Gasteiger partial charge in [0.1, 0.15) is 12.3 Å². The molecule has 1 unspecified atom stereocenters. The molecule has 0 radical (unpaired) electrons. The maximum Gasteiger partial charge on any atom is 0.287 e. The first-order valence-corrected chi connectivity index (χ1v) is 10.6. The van der Waals surface area contributed by atoms with Crippen molar-refractivity contribution in [1.29, 1.82) is 0 Å². The number of amides is 1. The Balaban J connectivity index is 1.56. The third kappa shape index (κ3) is 4.28. The topological polar surface area (TPSA) is 60.8 Å². The number of carbonyl (C=O) groups is 1. The Morgan fingerprint density at radius 1 is 1.27 bits per heavy atom. The molecule has 1 aliphatic heterocycles. The van der Waals surface area contributed by atoms with Crippen LogP contribution in [-0.2, 0) is 13.1 Å². The van der Waals surface area contributed by atoms with E-state index in [-0.39, 0.29) is 11.9 Å². The number of carbonyl (C=O) groups excluding carboxylic acids is 1. The fourth-order valence-electron chi connectivity index (χ4n) is 4.13. The zero-order valence-electron chi connectivity index (χ0n) is 17.9. The van der Waals surface area contributed by atoms with E-state index < -0.39 is 0 Å². The van der Waals surface area contributed by atoms with Gasteiger partial charge in [0.25, 0.3) is 5.91 Å². The normalized spacial score (nSPS) is 18.3. The average molecular weight is 409 g/mol. The van der Waals surface area contributed by atoms with Gasteiger partial charge in [0.15, 0.2) is 17.6 Å². The number of rotatable bonds is 7. The van der Waals surface area contributed by atoms with Crippen molar-refractivity contribution in [3.63, 3.8) is 0 Å². The molecule has 30 heavy (non-hydrogen) atoms. The van der Waals surface area contributed by atoms with E-state index in [9.17, 15) is 4.79 Å². The summed E-state index contributed by atoms with van der Waals surface area (Å²) in [6.07, 6.45) is 2.14. The lowest BCUT2D eigenvalue weighted by molar-refractivity contribution is -0.944. The third-order valence-electron chi connectivity index (χ3n) is 5.63. The number of quaternary nitrogens is 1. The van der Waals surface area contributed by atoms with Crippen LogP contribution in [0.3, 0.4) is 0 Å². The van der Waals surface area contributed by atoms with E-state index >= 15 is 0 Å². The van der Waals surface area contributed by atoms with E-state index in [1.165, 1.54) is 16.2 Å². The molecule has 6 heteroatoms. The summed E-state index contributed by atoms with van der Waals surface area (Å²) in [5.74, 6) is 2.32. The van der Waals surface area contributed by atoms with Gasteiger partial charge in [0, 0.05) is 18.3 Å². The van der Waals surface area contributed by atoms with Crippen LogP contribution in [0.15, 0.2) is 59.1 Å². The molecule has 0 saturated carbocycles. The van der Waals surface area contributed by atoms with Crippen LogP contribution >= 0.6 is 0 Å². The molecule has 1 aromatic carbocycles. The monoisotopic (exact) mass is 408 g/mol. The Labute approximate surface area is 177 Å². The van der Waals surface area contributed by atoms with Crippen LogP contribution in [0.2, 0.25) is 0 Å². The molecule has 0 aliphatic carbocycles. The van der Waals surface area contributed by atoms with Crippen LogP contribution in [0.5, 0.6) is 5.75 Å². The Morgan fingerprint density at radius 3 is 2.93 bits per heavy atom. The summed E-state index contributed by atoms with van der Waals surface area (Å²) in [4.78, 5) is 13.7. The first-order valence-electron chi connectivity index (χ1n) is 10.6. The standard InChI is InChI=1S/C24H29N3O3/c1-17(2)15-25-24(28)22-10-9-20(30-22)16-27-13-12-26-11-5-8-21(26)23(27)18-6-4-7-19(14-18)29-3/h4-11,14,17,23H,12-13,15-16H2,1-3H3,(H,25,28)/p+1/t23-/m1/s1. The highest BCUT2D eigenvalue weighted by Gasteiger charge is 2.33. The van der Waals surface area contributed by atoms with Crippen molar-refractivity contribution in [3.8, 4) is 5.75 Å². The molecule has 6 nitrogen and oxygen atoms in total. The molecule has 3 heterocycles. The van der Waals surface area contributed by atoms with Crippen LogP contribution < -0.4 is 15.0 Å². The predicted molar refractivity (Wildman–Crippen MR) is 115 cm³/mol. The molecule has 1 aliphatic rings. The minimum atomic E-state index is -0.151. The summed E-state index contributed by atoms with van der Waals surface area (Å²) in [5.41, 5.74) is 2.50. The maximum atomic E-state index is 12.3. The molecule has 0 fully saturated rings. The number of fused-ring (bicyclic) bond motifs is 1. The van der Waals surface area contributed by atoms with Crippen molar-refractivity contribution in [2.75, 3.05) is 20.2 Å². The Bertz CT molecular complexity index is 1000. The largest absolute Gasteiger partial charge is 0.497 e. The summed E-state index contributed by atoms with van der Waals surface area (Å²) >= 11 is 0. The maximum absolute atomic E-state index is 12.3. The van der Waals surface area contributed by atoms with E-state index in [4.69, 9.17) is 9.15 Å². The molecule has 1 amide bonds. The first kappa shape index (κ1) is 20.3. The summed E-state index contributed by atoms with van der Waals surface area (Å²) < 4.78 is 13.7. The second-order valence-electron chi connectivity index (χ2n) is 8.29. The highest BCUT2D eigenvalue weighted by atomic mass is 16.5. The SMILES string of the molecule is COc1cccc([C@@H]2c3cccn3CC[NH+]2Cc2ccc(C(=O)NCC(C)C)o2)c1. The molecule has 2 atom stereocenters. The summed E-state index contributed by atoms with van der Waals surface area (Å²) in [5, 5.41) is 2.92. The van der Waals surface area contributed by atoms with Gasteiger partial charge in [0.2, 0.25) is 0 Å². The van der Waals surface area contributed by atoms with Gasteiger partial charge >= 0.3 is 0 Å². The number of methoxy groups -OCH3 is 1. The first-order chi connectivity index (χ1) is 14.5. The number of nitrogens with zero attached hydrogens (tertiary/aromatic N) is 1. The van der Waals surface area contributed by atoms with E-state index in [0.29, 0.717) is 24.8 Å². The van der Waals surface area contributed by atoms with Gasteiger partial charge in [-0.3, -0.25) is 4.79 Å². The van der Waals surface area contributed by atoms with Gasteiger partial charge in [-0.25, -0.2) is 0 Å². The third-order valence-corrected chi connectivity index (χ3v) is 5.63. The van der Waals surface area contributed by atoms with Crippen molar-refractivity contribution in [2.24, 2.45) is 5.92 Å². The highest BCUT2D eigenvalue weighted by Crippen LogP contribution is 2.25. The van der Waals surface area contributed by atoms with Crippen molar-refractivity contribution in [1.82, 2.24) is 9.88 Å². The molecule has 158 valence electrons. The average Bonchev–Trinajstić information content (AvgIpc) is 3.41. The lowest BCUT2D eigenvalue weighted by Crippen LogP contribution is -3.12. The summed E-state index contributed by atoms with van der Waals surface area (Å²) in [6, 6.07) is 16.4. The number of hydrogen-bond acceptors (Lipinski definition) is 3. The molecule has 4 rings (SSSR count). The van der Waals surface area contributed by atoms with E-state index in [1.807, 2.05) is 18.2 Å². The number of ether oxygens (including phenoxy) is 1. The van der Waals surface area contributed by atoms with Gasteiger partial charge < -0.3 is 23.9 Å². The zero-order chi connectivity index (χ0) is 21.1. The Kier molecular flexibility index (Phi) is 5.95. The van der Waals surface area contributed by atoms with Crippen molar-refractivity contribution < 1.29 is 18.8 Å². The van der Waals surface area contributed by atoms with Gasteiger partial charge in [-0.15, -0.1) is 0 Å². The Hall–Kier alpha value is -2.99. The number of furan rings is 1. The molecular formula is C24H30N3O3+. The van der Waals surface area contributed by atoms with Gasteiger partial charge in [-0.1, -0.05) is 26.0 Å². The zero-order valence-corrected chi connectivity index (χ0v) is 17.9. The highest BCUT2D eigenvalue weighted by molar-refractivity contribution is 5.91. The molecule has 3 aromatic rings. The quantitative estimate of drug-likeness (QED) is 0.632. The summed E-state index contributed by atoms with van der Waals surface area (Å²) in [6.45, 7) is 7.43. The van der Waals surface area contributed by atoms with Crippen molar-refractivity contribution in [3.05, 3.63) is 77.5 Å². The van der Waals surface area contributed by atoms with E-state index in [0.717, 1.165) is 24.6 Å². The number of hydrogen-bond donors (Lipinski definition) is 2. The molecule has 0 spiro atoms. The molecule has 2 N–H and O–H groups in total. The fraction of sp³-hybridized carbons (Fsp3) is 0.375. The fourth-order valence-corrected chi connectivity index (χ4v) is 4.13.